The topological polar surface area (TPSA) is 77.3 Å². The van der Waals surface area contributed by atoms with Gasteiger partial charge in [-0.25, -0.2) is 4.98 Å². The fourth-order valence-electron chi connectivity index (χ4n) is 2.92. The molecule has 0 radical (unpaired) electrons. The van der Waals surface area contributed by atoms with Crippen molar-refractivity contribution in [1.82, 2.24) is 4.98 Å². The highest BCUT2D eigenvalue weighted by molar-refractivity contribution is 5.47. The Bertz CT molecular complexity index is 515. The normalized spacial score (nSPS) is 21.0. The molecule has 0 aromatic carbocycles. The summed E-state index contributed by atoms with van der Waals surface area (Å²) in [5, 5.41) is 14.2. The van der Waals surface area contributed by atoms with Crippen molar-refractivity contribution in [3.8, 4) is 0 Å². The molecule has 0 spiro atoms. The van der Waals surface area contributed by atoms with Gasteiger partial charge in [-0.3, -0.25) is 10.1 Å². The van der Waals surface area contributed by atoms with Gasteiger partial charge in [-0.05, 0) is 38.7 Å². The van der Waals surface area contributed by atoms with Crippen LogP contribution in [0.15, 0.2) is 12.3 Å². The molecule has 6 heteroatoms. The summed E-state index contributed by atoms with van der Waals surface area (Å²) in [6.07, 6.45) is 5.18. The predicted molar refractivity (Wildman–Crippen MR) is 81.5 cm³/mol. The Morgan fingerprint density at radius 1 is 1.52 bits per heavy atom. The molecule has 1 N–H and O–H groups in total. The van der Waals surface area contributed by atoms with Crippen LogP contribution in [0.5, 0.6) is 0 Å². The molecule has 1 aromatic heterocycles. The molecule has 0 bridgehead atoms. The zero-order valence-corrected chi connectivity index (χ0v) is 12.9. The summed E-state index contributed by atoms with van der Waals surface area (Å²) < 4.78 is 5.96. The molecule has 0 aliphatic carbocycles. The van der Waals surface area contributed by atoms with Gasteiger partial charge in [-0.2, -0.15) is 0 Å². The zero-order valence-electron chi connectivity index (χ0n) is 12.9. The maximum Gasteiger partial charge on any atom is 0.290 e. The first kappa shape index (κ1) is 15.7. The minimum Gasteiger partial charge on any atom is -0.375 e. The van der Waals surface area contributed by atoms with E-state index >= 15 is 0 Å². The van der Waals surface area contributed by atoms with Crippen LogP contribution in [-0.2, 0) is 4.74 Å². The number of nitrogens with one attached hydrogen (secondary N) is 1. The number of anilines is 1. The van der Waals surface area contributed by atoms with E-state index in [2.05, 4.69) is 24.1 Å². The van der Waals surface area contributed by atoms with Gasteiger partial charge in [-0.1, -0.05) is 13.8 Å². The number of pyridine rings is 1. The van der Waals surface area contributed by atoms with Crippen molar-refractivity contribution in [1.29, 1.82) is 0 Å². The highest BCUT2D eigenvalue weighted by Gasteiger charge is 2.34. The van der Waals surface area contributed by atoms with E-state index in [1.54, 1.807) is 13.0 Å². The molecule has 1 unspecified atom stereocenters. The molecule has 1 atom stereocenters. The SMILES string of the molecule is CCC1(CC)CC(Nc2cc(C)c([N+](=O)[O-])cn2)CCO1. The molecule has 21 heavy (non-hydrogen) atoms. The van der Waals surface area contributed by atoms with Gasteiger partial charge in [0.05, 0.1) is 10.5 Å². The van der Waals surface area contributed by atoms with Gasteiger partial charge >= 0.3 is 0 Å². The number of aryl methyl sites for hydroxylation is 1. The highest BCUT2D eigenvalue weighted by atomic mass is 16.6. The van der Waals surface area contributed by atoms with Crippen molar-refractivity contribution in [2.75, 3.05) is 11.9 Å². The number of rotatable bonds is 5. The van der Waals surface area contributed by atoms with Crippen LogP contribution in [0.1, 0.15) is 45.1 Å². The number of ether oxygens (including phenoxy) is 1. The molecule has 1 saturated heterocycles. The molecule has 0 saturated carbocycles. The molecule has 1 fully saturated rings. The maximum atomic E-state index is 10.8. The van der Waals surface area contributed by atoms with Crippen LogP contribution in [0.4, 0.5) is 11.5 Å². The quantitative estimate of drug-likeness (QED) is 0.664. The summed E-state index contributed by atoms with van der Waals surface area (Å²) in [4.78, 5) is 14.6. The number of aromatic nitrogens is 1. The summed E-state index contributed by atoms with van der Waals surface area (Å²) in [5.41, 5.74) is 0.636. The van der Waals surface area contributed by atoms with Crippen molar-refractivity contribution in [3.05, 3.63) is 27.9 Å². The van der Waals surface area contributed by atoms with Crippen LogP contribution in [0, 0.1) is 17.0 Å². The Kier molecular flexibility index (Phi) is 4.77. The van der Waals surface area contributed by atoms with E-state index in [9.17, 15) is 10.1 Å². The number of nitrogens with zero attached hydrogens (tertiary/aromatic N) is 2. The van der Waals surface area contributed by atoms with Gasteiger partial charge in [0, 0.05) is 18.2 Å². The number of nitro groups is 1. The van der Waals surface area contributed by atoms with Gasteiger partial charge in [0.2, 0.25) is 0 Å². The van der Waals surface area contributed by atoms with Crippen molar-refractivity contribution in [2.24, 2.45) is 0 Å². The molecule has 6 nitrogen and oxygen atoms in total. The van der Waals surface area contributed by atoms with Crippen LogP contribution in [0.3, 0.4) is 0 Å². The van der Waals surface area contributed by atoms with Gasteiger partial charge in [-0.15, -0.1) is 0 Å². The molecular weight excluding hydrogens is 270 g/mol. The second-order valence-corrected chi connectivity index (χ2v) is 5.69. The number of hydrogen-bond acceptors (Lipinski definition) is 5. The molecule has 1 aromatic rings. The summed E-state index contributed by atoms with van der Waals surface area (Å²) in [5.74, 6) is 0.700. The summed E-state index contributed by atoms with van der Waals surface area (Å²) in [6, 6.07) is 2.04. The van der Waals surface area contributed by atoms with E-state index in [0.29, 0.717) is 17.4 Å². The monoisotopic (exact) mass is 293 g/mol. The third-order valence-corrected chi connectivity index (χ3v) is 4.41. The Labute approximate surface area is 125 Å². The fourth-order valence-corrected chi connectivity index (χ4v) is 2.92. The van der Waals surface area contributed by atoms with Gasteiger partial charge < -0.3 is 10.1 Å². The Hall–Kier alpha value is -1.69. The van der Waals surface area contributed by atoms with Crippen molar-refractivity contribution in [3.63, 3.8) is 0 Å². The maximum absolute atomic E-state index is 10.8. The molecular formula is C15H23N3O3. The highest BCUT2D eigenvalue weighted by Crippen LogP contribution is 2.32. The Balaban J connectivity index is 2.08. The van der Waals surface area contributed by atoms with E-state index in [0.717, 1.165) is 32.3 Å². The average molecular weight is 293 g/mol. The largest absolute Gasteiger partial charge is 0.375 e. The van der Waals surface area contributed by atoms with Crippen LogP contribution in [0.2, 0.25) is 0 Å². The van der Waals surface area contributed by atoms with Crippen molar-refractivity contribution in [2.45, 2.75) is 58.1 Å². The molecule has 116 valence electrons. The average Bonchev–Trinajstić information content (AvgIpc) is 2.47. The summed E-state index contributed by atoms with van der Waals surface area (Å²) in [7, 11) is 0. The van der Waals surface area contributed by atoms with E-state index in [-0.39, 0.29) is 11.3 Å². The Morgan fingerprint density at radius 2 is 2.24 bits per heavy atom. The fraction of sp³-hybridized carbons (Fsp3) is 0.667. The molecule has 1 aliphatic heterocycles. The molecule has 2 heterocycles. The summed E-state index contributed by atoms with van der Waals surface area (Å²) in [6.45, 7) is 6.78. The van der Waals surface area contributed by atoms with Crippen LogP contribution < -0.4 is 5.32 Å². The van der Waals surface area contributed by atoms with Gasteiger partial charge in [0.1, 0.15) is 12.0 Å². The number of hydrogen-bond donors (Lipinski definition) is 1. The first-order chi connectivity index (χ1) is 9.99. The van der Waals surface area contributed by atoms with Crippen LogP contribution in [0.25, 0.3) is 0 Å². The third kappa shape index (κ3) is 3.50. The minimum atomic E-state index is -0.403. The zero-order chi connectivity index (χ0) is 15.5. The lowest BCUT2D eigenvalue weighted by Gasteiger charge is -2.40. The molecule has 2 rings (SSSR count). The first-order valence-electron chi connectivity index (χ1n) is 7.51. The third-order valence-electron chi connectivity index (χ3n) is 4.41. The van der Waals surface area contributed by atoms with E-state index in [1.807, 2.05) is 0 Å². The predicted octanol–water partition coefficient (Wildman–Crippen LogP) is 3.45. The van der Waals surface area contributed by atoms with Crippen molar-refractivity contribution < 1.29 is 9.66 Å². The Morgan fingerprint density at radius 3 is 2.81 bits per heavy atom. The molecule has 0 amide bonds. The van der Waals surface area contributed by atoms with Gasteiger partial charge in [0.15, 0.2) is 0 Å². The molecule has 1 aliphatic rings. The van der Waals surface area contributed by atoms with E-state index in [1.165, 1.54) is 6.20 Å². The van der Waals surface area contributed by atoms with Crippen molar-refractivity contribution >= 4 is 11.5 Å². The minimum absolute atomic E-state index is 0.0499. The standard InChI is InChI=1S/C15H23N3O3/c1-4-15(5-2)9-12(6-7-21-15)17-14-8-11(3)13(10-16-14)18(19)20/h8,10,12H,4-7,9H2,1-3H3,(H,16,17). The second-order valence-electron chi connectivity index (χ2n) is 5.69. The van der Waals surface area contributed by atoms with E-state index in [4.69, 9.17) is 4.74 Å². The van der Waals surface area contributed by atoms with Crippen LogP contribution >= 0.6 is 0 Å². The lowest BCUT2D eigenvalue weighted by Crippen LogP contribution is -2.43. The lowest BCUT2D eigenvalue weighted by molar-refractivity contribution is -0.385. The second kappa shape index (κ2) is 6.39. The first-order valence-corrected chi connectivity index (χ1v) is 7.51. The van der Waals surface area contributed by atoms with E-state index < -0.39 is 4.92 Å². The van der Waals surface area contributed by atoms with Crippen LogP contribution in [-0.4, -0.2) is 28.2 Å². The lowest BCUT2D eigenvalue weighted by atomic mass is 9.86. The summed E-state index contributed by atoms with van der Waals surface area (Å²) >= 11 is 0. The smallest absolute Gasteiger partial charge is 0.290 e. The van der Waals surface area contributed by atoms with Gasteiger partial charge in [0.25, 0.3) is 5.69 Å².